The number of carbonyl (C=O) groups excluding carboxylic acids is 1. The molecule has 1 aromatic heterocycles. The molecule has 1 aliphatic rings. The molecule has 3 aromatic rings. The number of aromatic nitrogens is 2. The number of anilines is 1. The first-order valence-electron chi connectivity index (χ1n) is 8.65. The van der Waals surface area contributed by atoms with Crippen LogP contribution in [0.5, 0.6) is 0 Å². The van der Waals surface area contributed by atoms with E-state index in [4.69, 9.17) is 0 Å². The first kappa shape index (κ1) is 17.5. The topological polar surface area (TPSA) is 54.9 Å². The second-order valence-corrected chi connectivity index (χ2v) is 6.52. The molecule has 0 unspecified atom stereocenters. The van der Waals surface area contributed by atoms with Crippen LogP contribution < -0.4 is 5.32 Å². The van der Waals surface area contributed by atoms with Crippen molar-refractivity contribution in [1.82, 2.24) is 9.97 Å². The molecule has 0 amide bonds. The van der Waals surface area contributed by atoms with Gasteiger partial charge in [-0.05, 0) is 30.5 Å². The molecule has 1 N–H and O–H groups in total. The number of halogens is 3. The van der Waals surface area contributed by atoms with Crippen molar-refractivity contribution in [1.29, 1.82) is 0 Å². The third-order valence-electron chi connectivity index (χ3n) is 4.61. The van der Waals surface area contributed by atoms with E-state index in [-0.39, 0.29) is 12.3 Å². The normalized spacial score (nSPS) is 13.7. The summed E-state index contributed by atoms with van der Waals surface area (Å²) < 4.78 is 38.4. The van der Waals surface area contributed by atoms with E-state index >= 15 is 0 Å². The molecule has 4 rings (SSSR count). The number of Topliss-reactive ketones (excluding diaryl/α,β-unsaturated/α-hetero) is 1. The highest BCUT2D eigenvalue weighted by molar-refractivity contribution is 6.15. The van der Waals surface area contributed by atoms with Gasteiger partial charge in [-0.1, -0.05) is 30.3 Å². The Morgan fingerprint density at radius 2 is 1.85 bits per heavy atom. The Labute approximate surface area is 153 Å². The summed E-state index contributed by atoms with van der Waals surface area (Å²) in [7, 11) is 0. The zero-order chi connectivity index (χ0) is 19.0. The molecule has 0 saturated carbocycles. The number of alkyl halides is 3. The van der Waals surface area contributed by atoms with Crippen LogP contribution in [0.4, 0.5) is 19.0 Å². The van der Waals surface area contributed by atoms with E-state index in [1.807, 2.05) is 6.07 Å². The molecule has 0 atom stereocenters. The van der Waals surface area contributed by atoms with Crippen molar-refractivity contribution in [2.75, 3.05) is 11.9 Å². The minimum atomic E-state index is -4.33. The quantitative estimate of drug-likeness (QED) is 0.737. The number of ketones is 1. The lowest BCUT2D eigenvalue weighted by Gasteiger charge is -2.17. The highest BCUT2D eigenvalue weighted by Gasteiger charge is 2.30. The second-order valence-electron chi connectivity index (χ2n) is 6.52. The van der Waals surface area contributed by atoms with Gasteiger partial charge in [0.25, 0.3) is 0 Å². The summed E-state index contributed by atoms with van der Waals surface area (Å²) in [6.07, 6.45) is -2.66. The van der Waals surface area contributed by atoms with Gasteiger partial charge in [-0.15, -0.1) is 0 Å². The minimum Gasteiger partial charge on any atom is -0.362 e. The van der Waals surface area contributed by atoms with E-state index in [0.29, 0.717) is 47.5 Å². The average Bonchev–Trinajstić information content (AvgIpc) is 2.64. The third-order valence-corrected chi connectivity index (χ3v) is 4.61. The molecule has 0 spiro atoms. The molecule has 138 valence electrons. The van der Waals surface area contributed by atoms with E-state index in [1.54, 1.807) is 18.2 Å². The number of benzene rings is 2. The maximum atomic E-state index is 12.8. The van der Waals surface area contributed by atoms with E-state index in [2.05, 4.69) is 15.3 Å². The molecule has 0 aliphatic carbocycles. The predicted octanol–water partition coefficient (Wildman–Crippen LogP) is 4.43. The Bertz CT molecular complexity index is 1030. The Morgan fingerprint density at radius 3 is 2.67 bits per heavy atom. The van der Waals surface area contributed by atoms with Gasteiger partial charge >= 0.3 is 6.18 Å². The highest BCUT2D eigenvalue weighted by Crippen LogP contribution is 2.30. The average molecular weight is 371 g/mol. The van der Waals surface area contributed by atoms with Gasteiger partial charge in [-0.25, -0.2) is 9.97 Å². The summed E-state index contributed by atoms with van der Waals surface area (Å²) in [6.45, 7) is 0.201. The molecule has 2 heterocycles. The van der Waals surface area contributed by atoms with E-state index in [0.717, 1.165) is 11.5 Å². The monoisotopic (exact) mass is 371 g/mol. The number of hydrogen-bond donors (Lipinski definition) is 1. The fraction of sp³-hybridized carbons (Fsp3) is 0.250. The van der Waals surface area contributed by atoms with Gasteiger partial charge in [0.2, 0.25) is 0 Å². The van der Waals surface area contributed by atoms with E-state index < -0.39 is 11.7 Å². The van der Waals surface area contributed by atoms with Crippen molar-refractivity contribution >= 4 is 22.5 Å². The van der Waals surface area contributed by atoms with Crippen molar-refractivity contribution in [3.63, 3.8) is 0 Å². The molecule has 0 fully saturated rings. The van der Waals surface area contributed by atoms with Gasteiger partial charge in [0, 0.05) is 12.0 Å². The summed E-state index contributed by atoms with van der Waals surface area (Å²) in [6, 6.07) is 10.8. The summed E-state index contributed by atoms with van der Waals surface area (Å²) in [5, 5.41) is 3.76. The van der Waals surface area contributed by atoms with Gasteiger partial charge in [0.15, 0.2) is 5.78 Å². The van der Waals surface area contributed by atoms with Crippen LogP contribution in [0, 0.1) is 0 Å². The number of carbonyl (C=O) groups is 1. The molecular weight excluding hydrogens is 355 g/mol. The van der Waals surface area contributed by atoms with Crippen molar-refractivity contribution in [3.8, 4) is 0 Å². The van der Waals surface area contributed by atoms with Crippen molar-refractivity contribution in [3.05, 3.63) is 65.0 Å². The summed E-state index contributed by atoms with van der Waals surface area (Å²) >= 11 is 0. The standard InChI is InChI=1S/C20H16F3N3O/c21-20(22,23)13-6-1-4-12(10-13)5-2-9-17-25-15-8-3-7-14-16(27)11-24-19(26-17)18(14)15/h1,3-4,6-8,10H,2,5,9,11H2,(H,24,25,26). The molecule has 0 radical (unpaired) electrons. The lowest BCUT2D eigenvalue weighted by atomic mass is 10.0. The SMILES string of the molecule is O=C1CNc2nc(CCCc3cccc(C(F)(F)F)c3)nc3cccc1c23. The van der Waals surface area contributed by atoms with Crippen molar-refractivity contribution in [2.24, 2.45) is 0 Å². The van der Waals surface area contributed by atoms with E-state index in [1.165, 1.54) is 12.1 Å². The van der Waals surface area contributed by atoms with Gasteiger partial charge in [-0.2, -0.15) is 13.2 Å². The van der Waals surface area contributed by atoms with Gasteiger partial charge in [0.05, 0.1) is 23.0 Å². The predicted molar refractivity (Wildman–Crippen MR) is 95.8 cm³/mol. The highest BCUT2D eigenvalue weighted by atomic mass is 19.4. The van der Waals surface area contributed by atoms with Crippen LogP contribution in [0.3, 0.4) is 0 Å². The largest absolute Gasteiger partial charge is 0.416 e. The third kappa shape index (κ3) is 3.49. The number of rotatable bonds is 4. The van der Waals surface area contributed by atoms with Crippen molar-refractivity contribution in [2.45, 2.75) is 25.4 Å². The van der Waals surface area contributed by atoms with Gasteiger partial charge < -0.3 is 5.32 Å². The zero-order valence-corrected chi connectivity index (χ0v) is 14.3. The second kappa shape index (κ2) is 6.64. The van der Waals surface area contributed by atoms with Crippen molar-refractivity contribution < 1.29 is 18.0 Å². The zero-order valence-electron chi connectivity index (χ0n) is 14.3. The molecular formula is C20H16F3N3O. The maximum absolute atomic E-state index is 12.8. The number of nitrogens with zero attached hydrogens (tertiary/aromatic N) is 2. The molecule has 0 saturated heterocycles. The van der Waals surface area contributed by atoms with Crippen LogP contribution in [0.1, 0.15) is 33.7 Å². The smallest absolute Gasteiger partial charge is 0.362 e. The number of hydrogen-bond acceptors (Lipinski definition) is 4. The number of nitrogens with one attached hydrogen (secondary N) is 1. The van der Waals surface area contributed by atoms with Crippen LogP contribution >= 0.6 is 0 Å². The lowest BCUT2D eigenvalue weighted by Crippen LogP contribution is -2.21. The van der Waals surface area contributed by atoms with Crippen LogP contribution in [-0.2, 0) is 19.0 Å². The van der Waals surface area contributed by atoms with E-state index in [9.17, 15) is 18.0 Å². The molecule has 4 nitrogen and oxygen atoms in total. The number of aryl methyl sites for hydroxylation is 2. The Hall–Kier alpha value is -2.96. The minimum absolute atomic E-state index is 0.00833. The molecule has 2 aromatic carbocycles. The fourth-order valence-electron chi connectivity index (χ4n) is 3.32. The molecule has 0 bridgehead atoms. The summed E-state index contributed by atoms with van der Waals surface area (Å²) in [4.78, 5) is 21.0. The lowest BCUT2D eigenvalue weighted by molar-refractivity contribution is -0.137. The van der Waals surface area contributed by atoms with Crippen LogP contribution in [0.15, 0.2) is 42.5 Å². The van der Waals surface area contributed by atoms with Crippen LogP contribution in [-0.4, -0.2) is 22.3 Å². The summed E-state index contributed by atoms with van der Waals surface area (Å²) in [5.41, 5.74) is 1.33. The molecule has 27 heavy (non-hydrogen) atoms. The fourth-order valence-corrected chi connectivity index (χ4v) is 3.32. The molecule has 1 aliphatic heterocycles. The Morgan fingerprint density at radius 1 is 1.04 bits per heavy atom. The van der Waals surface area contributed by atoms with Gasteiger partial charge in [-0.3, -0.25) is 4.79 Å². The molecule has 7 heteroatoms. The summed E-state index contributed by atoms with van der Waals surface area (Å²) in [5.74, 6) is 1.27. The Balaban J connectivity index is 1.51. The maximum Gasteiger partial charge on any atom is 0.416 e. The van der Waals surface area contributed by atoms with Gasteiger partial charge in [0.1, 0.15) is 11.6 Å². The van der Waals surface area contributed by atoms with Crippen LogP contribution in [0.25, 0.3) is 10.9 Å². The first-order chi connectivity index (χ1) is 12.9. The first-order valence-corrected chi connectivity index (χ1v) is 8.65. The van der Waals surface area contributed by atoms with Crippen LogP contribution in [0.2, 0.25) is 0 Å². The Kier molecular flexibility index (Phi) is 4.30.